The molecular formula is C7H9N3O. The monoisotopic (exact) mass is 151 g/mol. The molecule has 1 aromatic carbocycles. The van der Waals surface area contributed by atoms with E-state index in [0.717, 1.165) is 0 Å². The lowest BCUT2D eigenvalue weighted by atomic mass is 10.3. The second-order valence-electron chi connectivity index (χ2n) is 2.03. The van der Waals surface area contributed by atoms with Crippen LogP contribution in [0, 0.1) is 0 Å². The molecule has 0 saturated carbocycles. The van der Waals surface area contributed by atoms with E-state index >= 15 is 0 Å². The molecule has 11 heavy (non-hydrogen) atoms. The number of hydrogen-bond donors (Lipinski definition) is 3. The van der Waals surface area contributed by atoms with Gasteiger partial charge in [0.15, 0.2) is 5.96 Å². The van der Waals surface area contributed by atoms with Crippen molar-refractivity contribution in [2.45, 2.75) is 0 Å². The summed E-state index contributed by atoms with van der Waals surface area (Å²) in [6, 6.07) is 6.57. The van der Waals surface area contributed by atoms with Gasteiger partial charge in [-0.2, -0.15) is 0 Å². The van der Waals surface area contributed by atoms with Gasteiger partial charge >= 0.3 is 0 Å². The van der Waals surface area contributed by atoms with Crippen LogP contribution in [0.1, 0.15) is 0 Å². The Bertz CT molecular complexity index is 279. The van der Waals surface area contributed by atoms with Crippen molar-refractivity contribution in [3.05, 3.63) is 24.3 Å². The Hall–Kier alpha value is -1.71. The molecule has 0 saturated heterocycles. The van der Waals surface area contributed by atoms with Crippen LogP contribution < -0.4 is 11.5 Å². The van der Waals surface area contributed by atoms with Crippen LogP contribution >= 0.6 is 0 Å². The van der Waals surface area contributed by atoms with Gasteiger partial charge in [0.05, 0.1) is 0 Å². The standard InChI is InChI=1S/C7H9N3O/c8-7(9)10-5-3-1-2-4-6(5)11/h1-4,11H,(H4,8,9,10). The quantitative estimate of drug-likeness (QED) is 0.398. The fraction of sp³-hybridized carbons (Fsp3) is 0. The Morgan fingerprint density at radius 3 is 2.45 bits per heavy atom. The Morgan fingerprint density at radius 1 is 1.27 bits per heavy atom. The van der Waals surface area contributed by atoms with Crippen LogP contribution in [0.4, 0.5) is 5.69 Å². The number of aromatic hydroxyl groups is 1. The highest BCUT2D eigenvalue weighted by molar-refractivity contribution is 5.80. The third kappa shape index (κ3) is 1.86. The third-order valence-corrected chi connectivity index (χ3v) is 1.13. The van der Waals surface area contributed by atoms with E-state index in [4.69, 9.17) is 16.6 Å². The summed E-state index contributed by atoms with van der Waals surface area (Å²) in [7, 11) is 0. The Labute approximate surface area is 64.2 Å². The second kappa shape index (κ2) is 2.92. The van der Waals surface area contributed by atoms with Crippen molar-refractivity contribution in [3.8, 4) is 5.75 Å². The predicted molar refractivity (Wildman–Crippen MR) is 43.6 cm³/mol. The van der Waals surface area contributed by atoms with E-state index in [1.807, 2.05) is 0 Å². The van der Waals surface area contributed by atoms with E-state index in [1.165, 1.54) is 6.07 Å². The summed E-state index contributed by atoms with van der Waals surface area (Å²) in [5.41, 5.74) is 10.6. The van der Waals surface area contributed by atoms with E-state index in [0.29, 0.717) is 5.69 Å². The van der Waals surface area contributed by atoms with Crippen LogP contribution in [-0.4, -0.2) is 11.1 Å². The van der Waals surface area contributed by atoms with Crippen LogP contribution in [0.15, 0.2) is 29.3 Å². The van der Waals surface area contributed by atoms with Crippen LogP contribution in [0.2, 0.25) is 0 Å². The van der Waals surface area contributed by atoms with Crippen LogP contribution in [0.3, 0.4) is 0 Å². The van der Waals surface area contributed by atoms with Gasteiger partial charge in [-0.25, -0.2) is 4.99 Å². The van der Waals surface area contributed by atoms with Crippen LogP contribution in [0.5, 0.6) is 5.75 Å². The van der Waals surface area contributed by atoms with E-state index in [-0.39, 0.29) is 11.7 Å². The Kier molecular flexibility index (Phi) is 1.96. The minimum Gasteiger partial charge on any atom is -0.506 e. The van der Waals surface area contributed by atoms with Crippen molar-refractivity contribution in [1.29, 1.82) is 0 Å². The first kappa shape index (κ1) is 7.40. The molecule has 1 rings (SSSR count). The summed E-state index contributed by atoms with van der Waals surface area (Å²) in [6.45, 7) is 0. The molecule has 0 radical (unpaired) electrons. The van der Waals surface area contributed by atoms with E-state index in [1.54, 1.807) is 18.2 Å². The molecule has 1 aromatic rings. The molecule has 0 bridgehead atoms. The zero-order chi connectivity index (χ0) is 8.27. The Balaban J connectivity index is 3.04. The summed E-state index contributed by atoms with van der Waals surface area (Å²) in [5, 5.41) is 9.14. The fourth-order valence-corrected chi connectivity index (χ4v) is 0.698. The van der Waals surface area contributed by atoms with Crippen LogP contribution in [-0.2, 0) is 0 Å². The number of rotatable bonds is 1. The van der Waals surface area contributed by atoms with Gasteiger partial charge < -0.3 is 16.6 Å². The van der Waals surface area contributed by atoms with Gasteiger partial charge in [0, 0.05) is 0 Å². The molecule has 58 valence electrons. The largest absolute Gasteiger partial charge is 0.506 e. The van der Waals surface area contributed by atoms with Gasteiger partial charge in [-0.05, 0) is 12.1 Å². The molecule has 0 aliphatic rings. The normalized spacial score (nSPS) is 9.09. The molecule has 5 N–H and O–H groups in total. The van der Waals surface area contributed by atoms with E-state index < -0.39 is 0 Å². The summed E-state index contributed by atoms with van der Waals surface area (Å²) in [6.07, 6.45) is 0. The van der Waals surface area contributed by atoms with Crippen LogP contribution in [0.25, 0.3) is 0 Å². The first-order chi connectivity index (χ1) is 5.20. The SMILES string of the molecule is NC(N)=Nc1ccccc1O. The molecule has 4 nitrogen and oxygen atoms in total. The number of phenolic OH excluding ortho intramolecular Hbond substituents is 1. The number of hydrogen-bond acceptors (Lipinski definition) is 2. The van der Waals surface area contributed by atoms with Crippen molar-refractivity contribution in [1.82, 2.24) is 0 Å². The van der Waals surface area contributed by atoms with Crippen molar-refractivity contribution >= 4 is 11.6 Å². The lowest BCUT2D eigenvalue weighted by Gasteiger charge is -1.96. The molecule has 0 unspecified atom stereocenters. The number of phenols is 1. The van der Waals surface area contributed by atoms with Gasteiger partial charge in [0.25, 0.3) is 0 Å². The first-order valence-electron chi connectivity index (χ1n) is 3.08. The minimum atomic E-state index is -0.0634. The van der Waals surface area contributed by atoms with Crippen molar-refractivity contribution in [3.63, 3.8) is 0 Å². The van der Waals surface area contributed by atoms with E-state index in [2.05, 4.69) is 4.99 Å². The topological polar surface area (TPSA) is 84.6 Å². The molecule has 4 heteroatoms. The van der Waals surface area contributed by atoms with Gasteiger partial charge in [-0.3, -0.25) is 0 Å². The zero-order valence-electron chi connectivity index (χ0n) is 5.86. The molecule has 0 heterocycles. The highest BCUT2D eigenvalue weighted by Crippen LogP contribution is 2.24. The summed E-state index contributed by atoms with van der Waals surface area (Å²) >= 11 is 0. The lowest BCUT2D eigenvalue weighted by molar-refractivity contribution is 0.477. The molecular weight excluding hydrogens is 142 g/mol. The molecule has 0 fully saturated rings. The first-order valence-corrected chi connectivity index (χ1v) is 3.08. The highest BCUT2D eigenvalue weighted by atomic mass is 16.3. The van der Waals surface area contributed by atoms with Crippen molar-refractivity contribution < 1.29 is 5.11 Å². The summed E-state index contributed by atoms with van der Waals surface area (Å²) in [4.78, 5) is 3.68. The fourth-order valence-electron chi connectivity index (χ4n) is 0.698. The van der Waals surface area contributed by atoms with Gasteiger partial charge in [-0.1, -0.05) is 12.1 Å². The number of guanidine groups is 1. The number of nitrogens with two attached hydrogens (primary N) is 2. The number of nitrogens with zero attached hydrogens (tertiary/aromatic N) is 1. The molecule has 0 atom stereocenters. The maximum absolute atomic E-state index is 9.14. The average molecular weight is 151 g/mol. The number of aliphatic imine (C=N–C) groups is 1. The van der Waals surface area contributed by atoms with Crippen molar-refractivity contribution in [2.24, 2.45) is 16.5 Å². The van der Waals surface area contributed by atoms with Gasteiger partial charge in [0.1, 0.15) is 11.4 Å². The van der Waals surface area contributed by atoms with Gasteiger partial charge in [0.2, 0.25) is 0 Å². The maximum Gasteiger partial charge on any atom is 0.191 e. The molecule has 0 aliphatic heterocycles. The number of para-hydroxylation sites is 2. The molecule has 0 spiro atoms. The average Bonchev–Trinajstić information content (AvgIpc) is 1.93. The maximum atomic E-state index is 9.14. The van der Waals surface area contributed by atoms with Gasteiger partial charge in [-0.15, -0.1) is 0 Å². The van der Waals surface area contributed by atoms with Crippen molar-refractivity contribution in [2.75, 3.05) is 0 Å². The Morgan fingerprint density at radius 2 is 1.91 bits per heavy atom. The second-order valence-corrected chi connectivity index (χ2v) is 2.03. The third-order valence-electron chi connectivity index (χ3n) is 1.13. The number of benzene rings is 1. The molecule has 0 amide bonds. The molecule has 0 aromatic heterocycles. The predicted octanol–water partition coefficient (Wildman–Crippen LogP) is 0.297. The highest BCUT2D eigenvalue weighted by Gasteiger charge is 1.95. The zero-order valence-corrected chi connectivity index (χ0v) is 5.86. The molecule has 0 aliphatic carbocycles. The minimum absolute atomic E-state index is 0.0634. The summed E-state index contributed by atoms with van der Waals surface area (Å²) < 4.78 is 0. The van der Waals surface area contributed by atoms with E-state index in [9.17, 15) is 0 Å². The smallest absolute Gasteiger partial charge is 0.191 e. The lowest BCUT2D eigenvalue weighted by Crippen LogP contribution is -2.21. The summed E-state index contributed by atoms with van der Waals surface area (Å²) in [5.74, 6) is 0.00685.